The van der Waals surface area contributed by atoms with Crippen molar-refractivity contribution in [3.8, 4) is 0 Å². The number of pyridine rings is 2. The topological polar surface area (TPSA) is 104 Å². The van der Waals surface area contributed by atoms with Gasteiger partial charge in [0.1, 0.15) is 11.6 Å². The molecule has 0 atom stereocenters. The Hall–Kier alpha value is -3.11. The van der Waals surface area contributed by atoms with Crippen LogP contribution in [-0.2, 0) is 6.54 Å². The maximum Gasteiger partial charge on any atom is 0.488 e. The normalized spacial score (nSPS) is 11.4. The average Bonchev–Trinajstić information content (AvgIpc) is 2.93. The van der Waals surface area contributed by atoms with Crippen molar-refractivity contribution < 1.29 is 18.8 Å². The number of H-pyrrole nitrogens is 1. The summed E-state index contributed by atoms with van der Waals surface area (Å²) in [5, 5.41) is 18.8. The quantitative estimate of drug-likeness (QED) is 0.458. The molecule has 0 bridgehead atoms. The van der Waals surface area contributed by atoms with Crippen LogP contribution < -0.4 is 11.2 Å². The minimum absolute atomic E-state index is 0.311. The number of aryl methyl sites for hydroxylation is 1. The van der Waals surface area contributed by atoms with Crippen molar-refractivity contribution in [2.45, 2.75) is 13.5 Å². The van der Waals surface area contributed by atoms with E-state index in [1.54, 1.807) is 19.1 Å². The van der Waals surface area contributed by atoms with Crippen molar-refractivity contribution in [3.05, 3.63) is 63.8 Å². The molecule has 7 nitrogen and oxygen atoms in total. The molecule has 0 aliphatic heterocycles. The van der Waals surface area contributed by atoms with Gasteiger partial charge in [-0.1, -0.05) is 0 Å². The van der Waals surface area contributed by atoms with Crippen LogP contribution in [0, 0.1) is 18.6 Å². The number of aromatic nitrogens is 4. The van der Waals surface area contributed by atoms with E-state index in [1.165, 1.54) is 10.8 Å². The first kappa shape index (κ1) is 17.3. The fourth-order valence-corrected chi connectivity index (χ4v) is 3.06. The molecule has 4 aromatic rings. The van der Waals surface area contributed by atoms with Gasteiger partial charge in [-0.05, 0) is 36.7 Å². The lowest BCUT2D eigenvalue weighted by atomic mass is 9.80. The van der Waals surface area contributed by atoms with Gasteiger partial charge in [-0.25, -0.2) is 23.5 Å². The van der Waals surface area contributed by atoms with Gasteiger partial charge in [0.2, 0.25) is 0 Å². The molecule has 0 unspecified atom stereocenters. The SMILES string of the molecule is Cc1ccc2c(ncc3[nH]c(=O)n(Cc4c(F)cc(B(O)O)cc4F)c32)n1. The monoisotopic (exact) mass is 370 g/mol. The second kappa shape index (κ2) is 6.25. The van der Waals surface area contributed by atoms with Crippen molar-refractivity contribution in [2.75, 3.05) is 0 Å². The zero-order valence-corrected chi connectivity index (χ0v) is 14.1. The van der Waals surface area contributed by atoms with Gasteiger partial charge in [0.05, 0.1) is 23.8 Å². The molecule has 0 aliphatic carbocycles. The highest BCUT2D eigenvalue weighted by Gasteiger charge is 2.20. The molecule has 3 heterocycles. The fraction of sp³-hybridized carbons (Fsp3) is 0.118. The molecule has 0 fully saturated rings. The third-order valence-corrected chi connectivity index (χ3v) is 4.37. The molecule has 0 aliphatic rings. The van der Waals surface area contributed by atoms with Crippen molar-refractivity contribution in [3.63, 3.8) is 0 Å². The largest absolute Gasteiger partial charge is 0.488 e. The number of imidazole rings is 1. The Labute approximate surface area is 151 Å². The summed E-state index contributed by atoms with van der Waals surface area (Å²) in [6.07, 6.45) is 1.44. The van der Waals surface area contributed by atoms with E-state index >= 15 is 0 Å². The van der Waals surface area contributed by atoms with E-state index in [-0.39, 0.29) is 17.6 Å². The Bertz CT molecular complexity index is 1230. The van der Waals surface area contributed by atoms with Crippen LogP contribution in [0.1, 0.15) is 11.3 Å². The Morgan fingerprint density at radius 3 is 2.59 bits per heavy atom. The molecule has 0 amide bonds. The van der Waals surface area contributed by atoms with E-state index in [1.807, 2.05) is 0 Å². The van der Waals surface area contributed by atoms with Gasteiger partial charge in [-0.3, -0.25) is 4.57 Å². The van der Waals surface area contributed by atoms with E-state index in [4.69, 9.17) is 10.0 Å². The molecule has 0 saturated heterocycles. The van der Waals surface area contributed by atoms with Gasteiger partial charge in [-0.15, -0.1) is 0 Å². The molecule has 0 saturated carbocycles. The molecule has 1 aromatic carbocycles. The predicted molar refractivity (Wildman–Crippen MR) is 95.7 cm³/mol. The van der Waals surface area contributed by atoms with Crippen molar-refractivity contribution in [1.29, 1.82) is 0 Å². The summed E-state index contributed by atoms with van der Waals surface area (Å²) in [6, 6.07) is 5.15. The van der Waals surface area contributed by atoms with Crippen LogP contribution in [0.25, 0.3) is 22.1 Å². The lowest BCUT2D eigenvalue weighted by Crippen LogP contribution is -2.31. The maximum atomic E-state index is 14.3. The summed E-state index contributed by atoms with van der Waals surface area (Å²) in [5.41, 5.74) is 0.777. The highest BCUT2D eigenvalue weighted by atomic mass is 19.1. The summed E-state index contributed by atoms with van der Waals surface area (Å²) in [4.78, 5) is 23.5. The first-order chi connectivity index (χ1) is 12.8. The number of halogens is 2. The summed E-state index contributed by atoms with van der Waals surface area (Å²) < 4.78 is 29.9. The second-order valence-electron chi connectivity index (χ2n) is 6.20. The molecule has 136 valence electrons. The van der Waals surface area contributed by atoms with Gasteiger partial charge < -0.3 is 15.0 Å². The van der Waals surface area contributed by atoms with Gasteiger partial charge in [-0.2, -0.15) is 0 Å². The van der Waals surface area contributed by atoms with E-state index in [9.17, 15) is 13.6 Å². The van der Waals surface area contributed by atoms with Crippen LogP contribution in [0.15, 0.2) is 35.3 Å². The number of benzene rings is 1. The number of nitrogens with one attached hydrogen (secondary N) is 1. The van der Waals surface area contributed by atoms with Crippen LogP contribution in [0.4, 0.5) is 8.78 Å². The summed E-state index contributed by atoms with van der Waals surface area (Å²) in [6.45, 7) is 1.42. The first-order valence-corrected chi connectivity index (χ1v) is 8.04. The lowest BCUT2D eigenvalue weighted by molar-refractivity contribution is 0.424. The van der Waals surface area contributed by atoms with Gasteiger partial charge in [0, 0.05) is 16.6 Å². The summed E-state index contributed by atoms with van der Waals surface area (Å²) in [7, 11) is -2.00. The number of hydrogen-bond acceptors (Lipinski definition) is 5. The Kier molecular flexibility index (Phi) is 4.01. The lowest BCUT2D eigenvalue weighted by Gasteiger charge is -2.10. The smallest absolute Gasteiger partial charge is 0.423 e. The van der Waals surface area contributed by atoms with E-state index < -0.39 is 24.4 Å². The van der Waals surface area contributed by atoms with Gasteiger partial charge in [0.15, 0.2) is 5.65 Å². The number of nitrogens with zero attached hydrogens (tertiary/aromatic N) is 3. The Balaban J connectivity index is 1.93. The van der Waals surface area contributed by atoms with Crippen molar-refractivity contribution in [2.24, 2.45) is 0 Å². The molecular formula is C17H13BF2N4O3. The van der Waals surface area contributed by atoms with Gasteiger partial charge >= 0.3 is 12.8 Å². The zero-order chi connectivity index (χ0) is 19.3. The number of aromatic amines is 1. The standard InChI is InChI=1S/C17H13BF2N4O3/c1-8-2-3-10-15-14(6-21-16(10)22-8)23-17(25)24(15)7-11-12(19)4-9(18(26)27)5-13(11)20/h2-6,26-27H,7H2,1H3,(H,23,25). The highest BCUT2D eigenvalue weighted by molar-refractivity contribution is 6.58. The van der Waals surface area contributed by atoms with Crippen LogP contribution in [-0.4, -0.2) is 36.7 Å². The van der Waals surface area contributed by atoms with Crippen molar-refractivity contribution in [1.82, 2.24) is 19.5 Å². The molecule has 4 rings (SSSR count). The first-order valence-electron chi connectivity index (χ1n) is 8.04. The molecule has 3 aromatic heterocycles. The third kappa shape index (κ3) is 2.88. The molecule has 0 radical (unpaired) electrons. The van der Waals surface area contributed by atoms with Crippen LogP contribution in [0.3, 0.4) is 0 Å². The van der Waals surface area contributed by atoms with Crippen molar-refractivity contribution >= 4 is 34.6 Å². The number of fused-ring (bicyclic) bond motifs is 3. The molecular weight excluding hydrogens is 357 g/mol. The second-order valence-corrected chi connectivity index (χ2v) is 6.20. The third-order valence-electron chi connectivity index (χ3n) is 4.37. The van der Waals surface area contributed by atoms with E-state index in [0.717, 1.165) is 17.8 Å². The number of hydrogen-bond donors (Lipinski definition) is 3. The van der Waals surface area contributed by atoms with Crippen LogP contribution in [0.5, 0.6) is 0 Å². The molecule has 27 heavy (non-hydrogen) atoms. The molecule has 10 heteroatoms. The average molecular weight is 370 g/mol. The number of rotatable bonds is 3. The summed E-state index contributed by atoms with van der Waals surface area (Å²) in [5.74, 6) is -1.96. The fourth-order valence-electron chi connectivity index (χ4n) is 3.06. The van der Waals surface area contributed by atoms with Gasteiger partial charge in [0.25, 0.3) is 0 Å². The molecule has 0 spiro atoms. The Morgan fingerprint density at radius 2 is 1.93 bits per heavy atom. The van der Waals surface area contributed by atoms with E-state index in [0.29, 0.717) is 22.1 Å². The minimum atomic E-state index is -2.00. The molecule has 3 N–H and O–H groups in total. The minimum Gasteiger partial charge on any atom is -0.423 e. The van der Waals surface area contributed by atoms with E-state index in [2.05, 4.69) is 15.0 Å². The zero-order valence-electron chi connectivity index (χ0n) is 14.1. The summed E-state index contributed by atoms with van der Waals surface area (Å²) >= 11 is 0. The Morgan fingerprint density at radius 1 is 1.22 bits per heavy atom. The maximum absolute atomic E-state index is 14.3. The van der Waals surface area contributed by atoms with Crippen LogP contribution >= 0.6 is 0 Å². The highest BCUT2D eigenvalue weighted by Crippen LogP contribution is 2.22. The predicted octanol–water partition coefficient (Wildman–Crippen LogP) is 0.588. The van der Waals surface area contributed by atoms with Crippen LogP contribution in [0.2, 0.25) is 0 Å².